The summed E-state index contributed by atoms with van der Waals surface area (Å²) in [5.74, 6) is -0.701. The van der Waals surface area contributed by atoms with Gasteiger partial charge in [-0.3, -0.25) is 9.59 Å². The number of hydrogen-bond acceptors (Lipinski definition) is 3. The van der Waals surface area contributed by atoms with Crippen LogP contribution in [0, 0.1) is 11.3 Å². The van der Waals surface area contributed by atoms with Gasteiger partial charge in [-0.05, 0) is 25.7 Å². The van der Waals surface area contributed by atoms with Crippen LogP contribution in [0.15, 0.2) is 0 Å². The predicted molar refractivity (Wildman–Crippen MR) is 77.8 cm³/mol. The summed E-state index contributed by atoms with van der Waals surface area (Å²) >= 11 is 0. The summed E-state index contributed by atoms with van der Waals surface area (Å²) in [6, 6.07) is -0.414. The molecule has 0 saturated heterocycles. The quantitative estimate of drug-likeness (QED) is 0.470. The summed E-state index contributed by atoms with van der Waals surface area (Å²) in [5, 5.41) is 17.2. The molecule has 0 aromatic rings. The molecule has 0 spiro atoms. The third-order valence-corrected chi connectivity index (χ3v) is 4.05. The Morgan fingerprint density at radius 2 is 1.62 bits per heavy atom. The lowest BCUT2D eigenvalue weighted by molar-refractivity contribution is -0.149. The second-order valence-electron chi connectivity index (χ2n) is 5.47. The van der Waals surface area contributed by atoms with Gasteiger partial charge in [0.2, 0.25) is 5.91 Å². The number of hydrogen-bond donors (Lipinski definition) is 4. The van der Waals surface area contributed by atoms with Crippen molar-refractivity contribution in [1.82, 2.24) is 16.0 Å². The minimum atomic E-state index is -0.919. The van der Waals surface area contributed by atoms with Gasteiger partial charge in [-0.2, -0.15) is 0 Å². The van der Waals surface area contributed by atoms with Crippen LogP contribution in [-0.4, -0.2) is 42.6 Å². The SMILES string of the molecule is CCC(CC)(CNC(=O)NCCNC(=O)C1CC1)C(=O)O. The Morgan fingerprint density at radius 1 is 1.05 bits per heavy atom. The summed E-state index contributed by atoms with van der Waals surface area (Å²) in [5.41, 5.74) is -0.919. The Bertz CT molecular complexity index is 390. The van der Waals surface area contributed by atoms with Gasteiger partial charge >= 0.3 is 12.0 Å². The van der Waals surface area contributed by atoms with E-state index in [2.05, 4.69) is 16.0 Å². The maximum absolute atomic E-state index is 11.6. The van der Waals surface area contributed by atoms with Crippen LogP contribution in [0.2, 0.25) is 0 Å². The van der Waals surface area contributed by atoms with E-state index in [4.69, 9.17) is 0 Å². The molecule has 4 N–H and O–H groups in total. The highest BCUT2D eigenvalue weighted by atomic mass is 16.4. The summed E-state index contributed by atoms with van der Waals surface area (Å²) in [6.07, 6.45) is 2.81. The Balaban J connectivity index is 2.20. The lowest BCUT2D eigenvalue weighted by Gasteiger charge is -2.26. The molecule has 0 unspecified atom stereocenters. The van der Waals surface area contributed by atoms with Crippen molar-refractivity contribution < 1.29 is 19.5 Å². The zero-order valence-corrected chi connectivity index (χ0v) is 12.7. The van der Waals surface area contributed by atoms with Gasteiger partial charge in [-0.15, -0.1) is 0 Å². The maximum atomic E-state index is 11.6. The summed E-state index contributed by atoms with van der Waals surface area (Å²) in [7, 11) is 0. The minimum Gasteiger partial charge on any atom is -0.481 e. The number of carbonyl (C=O) groups excluding carboxylic acids is 2. The molecule has 7 nitrogen and oxygen atoms in total. The Kier molecular flexibility index (Phi) is 6.45. The van der Waals surface area contributed by atoms with Crippen LogP contribution in [0.3, 0.4) is 0 Å². The monoisotopic (exact) mass is 299 g/mol. The molecule has 3 amide bonds. The number of carbonyl (C=O) groups is 3. The zero-order valence-electron chi connectivity index (χ0n) is 12.7. The zero-order chi connectivity index (χ0) is 15.9. The van der Waals surface area contributed by atoms with Crippen LogP contribution in [0.5, 0.6) is 0 Å². The third-order valence-electron chi connectivity index (χ3n) is 4.05. The van der Waals surface area contributed by atoms with Crippen molar-refractivity contribution in [1.29, 1.82) is 0 Å². The Hall–Kier alpha value is -1.79. The molecule has 1 rings (SSSR count). The lowest BCUT2D eigenvalue weighted by Crippen LogP contribution is -2.47. The second-order valence-corrected chi connectivity index (χ2v) is 5.47. The first kappa shape index (κ1) is 17.3. The van der Waals surface area contributed by atoms with E-state index in [1.165, 1.54) is 0 Å². The maximum Gasteiger partial charge on any atom is 0.314 e. The van der Waals surface area contributed by atoms with Gasteiger partial charge in [0, 0.05) is 25.6 Å². The number of urea groups is 1. The standard InChI is InChI=1S/C14H25N3O4/c1-3-14(4-2,12(19)20)9-17-13(21)16-8-7-15-11(18)10-5-6-10/h10H,3-9H2,1-2H3,(H,15,18)(H,19,20)(H2,16,17,21). The molecule has 120 valence electrons. The van der Waals surface area contributed by atoms with Gasteiger partial charge < -0.3 is 21.1 Å². The summed E-state index contributed by atoms with van der Waals surface area (Å²) in [4.78, 5) is 34.2. The molecule has 0 heterocycles. The number of aliphatic carboxylic acids is 1. The molecule has 0 atom stereocenters. The van der Waals surface area contributed by atoms with Crippen LogP contribution in [0.1, 0.15) is 39.5 Å². The molecular formula is C14H25N3O4. The summed E-state index contributed by atoms with van der Waals surface area (Å²) < 4.78 is 0. The smallest absolute Gasteiger partial charge is 0.314 e. The van der Waals surface area contributed by atoms with Crippen LogP contribution in [-0.2, 0) is 9.59 Å². The van der Waals surface area contributed by atoms with Crippen LogP contribution < -0.4 is 16.0 Å². The van der Waals surface area contributed by atoms with E-state index in [0.717, 1.165) is 12.8 Å². The van der Waals surface area contributed by atoms with Gasteiger partial charge in [0.05, 0.1) is 5.41 Å². The molecule has 1 aliphatic rings. The number of nitrogens with one attached hydrogen (secondary N) is 3. The van der Waals surface area contributed by atoms with E-state index in [9.17, 15) is 19.5 Å². The number of carboxylic acids is 1. The van der Waals surface area contributed by atoms with Gasteiger partial charge in [0.1, 0.15) is 0 Å². The van der Waals surface area contributed by atoms with Crippen LogP contribution in [0.25, 0.3) is 0 Å². The molecule has 0 aromatic carbocycles. The highest BCUT2D eigenvalue weighted by Crippen LogP contribution is 2.28. The Labute approximate surface area is 124 Å². The first-order valence-electron chi connectivity index (χ1n) is 7.48. The van der Waals surface area contributed by atoms with Crippen molar-refractivity contribution in [2.45, 2.75) is 39.5 Å². The minimum absolute atomic E-state index is 0.0408. The molecular weight excluding hydrogens is 274 g/mol. The molecule has 7 heteroatoms. The van der Waals surface area contributed by atoms with Gasteiger partial charge in [0.15, 0.2) is 0 Å². The third kappa shape index (κ3) is 5.24. The first-order chi connectivity index (χ1) is 9.95. The van der Waals surface area contributed by atoms with Crippen molar-refractivity contribution in [3.8, 4) is 0 Å². The Morgan fingerprint density at radius 3 is 2.10 bits per heavy atom. The average Bonchev–Trinajstić information content (AvgIpc) is 3.29. The van der Waals surface area contributed by atoms with Gasteiger partial charge in [-0.1, -0.05) is 13.8 Å². The van der Waals surface area contributed by atoms with Gasteiger partial charge in [0.25, 0.3) is 0 Å². The average molecular weight is 299 g/mol. The van der Waals surface area contributed by atoms with Crippen molar-refractivity contribution in [2.24, 2.45) is 11.3 Å². The highest BCUT2D eigenvalue weighted by Gasteiger charge is 2.35. The summed E-state index contributed by atoms with van der Waals surface area (Å²) in [6.45, 7) is 4.39. The number of carboxylic acid groups (broad SMARTS) is 1. The van der Waals surface area contributed by atoms with E-state index in [1.807, 2.05) is 0 Å². The van der Waals surface area contributed by atoms with E-state index in [-0.39, 0.29) is 18.4 Å². The molecule has 1 fully saturated rings. The molecule has 0 aromatic heterocycles. The molecule has 21 heavy (non-hydrogen) atoms. The van der Waals surface area contributed by atoms with Crippen LogP contribution >= 0.6 is 0 Å². The van der Waals surface area contributed by atoms with E-state index >= 15 is 0 Å². The largest absolute Gasteiger partial charge is 0.481 e. The fourth-order valence-corrected chi connectivity index (χ4v) is 2.04. The molecule has 0 aliphatic heterocycles. The van der Waals surface area contributed by atoms with Crippen LogP contribution in [0.4, 0.5) is 4.79 Å². The van der Waals surface area contributed by atoms with Crippen molar-refractivity contribution in [3.05, 3.63) is 0 Å². The fourth-order valence-electron chi connectivity index (χ4n) is 2.04. The molecule has 0 bridgehead atoms. The fraction of sp³-hybridized carbons (Fsp3) is 0.786. The lowest BCUT2D eigenvalue weighted by atomic mass is 9.82. The second kappa shape index (κ2) is 7.85. The number of rotatable bonds is 9. The highest BCUT2D eigenvalue weighted by molar-refractivity contribution is 5.81. The van der Waals surface area contributed by atoms with E-state index < -0.39 is 17.4 Å². The molecule has 1 aliphatic carbocycles. The normalized spacial score (nSPS) is 14.4. The predicted octanol–water partition coefficient (Wildman–Crippen LogP) is 0.703. The topological polar surface area (TPSA) is 108 Å². The molecule has 1 saturated carbocycles. The van der Waals surface area contributed by atoms with Crippen molar-refractivity contribution in [2.75, 3.05) is 19.6 Å². The van der Waals surface area contributed by atoms with Crippen molar-refractivity contribution in [3.63, 3.8) is 0 Å². The molecule has 0 radical (unpaired) electrons. The number of amides is 3. The van der Waals surface area contributed by atoms with Crippen molar-refractivity contribution >= 4 is 17.9 Å². The van der Waals surface area contributed by atoms with E-state index in [0.29, 0.717) is 25.9 Å². The first-order valence-corrected chi connectivity index (χ1v) is 7.48. The van der Waals surface area contributed by atoms with Gasteiger partial charge in [-0.25, -0.2) is 4.79 Å². The van der Waals surface area contributed by atoms with E-state index in [1.54, 1.807) is 13.8 Å².